The molecule has 0 fully saturated rings. The van der Waals surface area contributed by atoms with E-state index in [-0.39, 0.29) is 30.5 Å². The van der Waals surface area contributed by atoms with E-state index in [0.717, 1.165) is 4.57 Å². The topological polar surface area (TPSA) is 186 Å². The Bertz CT molecular complexity index is 1640. The van der Waals surface area contributed by atoms with Crippen molar-refractivity contribution in [2.75, 3.05) is 22.2 Å². The molecule has 5 rings (SSSR count). The Balaban J connectivity index is 1.42. The Kier molecular flexibility index (Phi) is 5.50. The molecule has 0 unspecified atom stereocenters. The van der Waals surface area contributed by atoms with E-state index in [1.165, 1.54) is 11.6 Å². The number of amides is 1. The van der Waals surface area contributed by atoms with Crippen molar-refractivity contribution in [2.45, 2.75) is 26.4 Å². The van der Waals surface area contributed by atoms with E-state index in [9.17, 15) is 19.2 Å². The average molecular weight is 495 g/mol. The lowest BCUT2D eigenvalue weighted by Crippen LogP contribution is -2.46. The number of nitrogens with one attached hydrogen (secondary N) is 3. The third-order valence-electron chi connectivity index (χ3n) is 5.76. The van der Waals surface area contributed by atoms with Gasteiger partial charge in [-0.05, 0) is 26.0 Å². The molecule has 0 radical (unpaired) electrons. The normalized spacial score (nSPS) is 13.4. The monoisotopic (exact) mass is 495 g/mol. The minimum absolute atomic E-state index is 0.0780. The Morgan fingerprint density at radius 3 is 2.72 bits per heavy atom. The van der Waals surface area contributed by atoms with Crippen LogP contribution >= 0.6 is 0 Å². The number of aromatic nitrogens is 6. The standard InChI is InChI=1S/C21H21N9O6/c1-10-7-12(26-35-10)8-29-19(32)15-17(28(3)21(29)34)22-9-30(15)11(2)18(31)24-14-6-4-5-13(23-14)16-25-20(33)36-27-16/h4-7,11,22H,8-9H2,1-3H3,(H,23,24,31)(H,25,27,33)/t11-/m0/s1. The van der Waals surface area contributed by atoms with Crippen molar-refractivity contribution in [3.8, 4) is 11.5 Å². The fraction of sp³-hybridized carbons (Fsp3) is 0.286. The number of carbonyl (C=O) groups is 1. The highest BCUT2D eigenvalue weighted by atomic mass is 16.5. The SMILES string of the molecule is Cc1cc(Cn2c(=O)c3c(n(C)c2=O)NCN3[C@@H](C)C(=O)Nc2cccc(-c3noc(=O)[nH]3)n2)no1. The highest BCUT2D eigenvalue weighted by Crippen LogP contribution is 2.28. The van der Waals surface area contributed by atoms with Crippen molar-refractivity contribution in [3.63, 3.8) is 0 Å². The maximum Gasteiger partial charge on any atom is 0.439 e. The summed E-state index contributed by atoms with van der Waals surface area (Å²) in [6.07, 6.45) is 0. The van der Waals surface area contributed by atoms with E-state index in [1.54, 1.807) is 43.0 Å². The minimum Gasteiger partial charge on any atom is -0.361 e. The van der Waals surface area contributed by atoms with Crippen molar-refractivity contribution in [2.24, 2.45) is 7.05 Å². The lowest BCUT2D eigenvalue weighted by atomic mass is 10.2. The van der Waals surface area contributed by atoms with Gasteiger partial charge in [-0.25, -0.2) is 14.6 Å². The van der Waals surface area contributed by atoms with E-state index >= 15 is 0 Å². The Morgan fingerprint density at radius 1 is 1.22 bits per heavy atom. The third-order valence-corrected chi connectivity index (χ3v) is 5.76. The van der Waals surface area contributed by atoms with Crippen LogP contribution in [-0.4, -0.2) is 48.0 Å². The quantitative estimate of drug-likeness (QED) is 0.323. The molecule has 1 aliphatic rings. The van der Waals surface area contributed by atoms with Crippen molar-refractivity contribution < 1.29 is 13.8 Å². The predicted octanol–water partition coefficient (Wildman–Crippen LogP) is -0.153. The molecule has 15 nitrogen and oxygen atoms in total. The summed E-state index contributed by atoms with van der Waals surface area (Å²) in [5, 5.41) is 13.2. The molecule has 4 aromatic heterocycles. The van der Waals surface area contributed by atoms with Crippen molar-refractivity contribution in [1.29, 1.82) is 0 Å². The molecular formula is C21H21N9O6. The van der Waals surface area contributed by atoms with Crippen molar-refractivity contribution in [3.05, 3.63) is 67.1 Å². The highest BCUT2D eigenvalue weighted by Gasteiger charge is 2.33. The fourth-order valence-corrected chi connectivity index (χ4v) is 3.92. The number of aryl methyl sites for hydroxylation is 1. The van der Waals surface area contributed by atoms with Gasteiger partial charge in [0.2, 0.25) is 11.7 Å². The summed E-state index contributed by atoms with van der Waals surface area (Å²) in [6.45, 7) is 3.39. The molecule has 0 aliphatic carbocycles. The van der Waals surface area contributed by atoms with Gasteiger partial charge in [0.15, 0.2) is 0 Å². The van der Waals surface area contributed by atoms with Gasteiger partial charge in [0.25, 0.3) is 5.56 Å². The molecule has 4 aromatic rings. The molecule has 0 spiro atoms. The van der Waals surface area contributed by atoms with Gasteiger partial charge in [-0.15, -0.1) is 0 Å². The zero-order valence-corrected chi connectivity index (χ0v) is 19.4. The number of nitrogens with zero attached hydrogens (tertiary/aromatic N) is 6. The van der Waals surface area contributed by atoms with Crippen LogP contribution in [0.15, 0.2) is 47.7 Å². The summed E-state index contributed by atoms with van der Waals surface area (Å²) in [4.78, 5) is 58.7. The smallest absolute Gasteiger partial charge is 0.361 e. The second kappa shape index (κ2) is 8.68. The summed E-state index contributed by atoms with van der Waals surface area (Å²) in [6, 6.07) is 5.61. The number of fused-ring (bicyclic) bond motifs is 1. The molecule has 3 N–H and O–H groups in total. The van der Waals surface area contributed by atoms with Crippen LogP contribution in [0.1, 0.15) is 18.4 Å². The first-order valence-corrected chi connectivity index (χ1v) is 10.8. The van der Waals surface area contributed by atoms with Gasteiger partial charge in [0.1, 0.15) is 40.5 Å². The van der Waals surface area contributed by atoms with Gasteiger partial charge in [-0.3, -0.25) is 28.2 Å². The first kappa shape index (κ1) is 22.8. The van der Waals surface area contributed by atoms with Crippen LogP contribution in [0.5, 0.6) is 0 Å². The lowest BCUT2D eigenvalue weighted by Gasteiger charge is -2.24. The zero-order chi connectivity index (χ0) is 25.6. The number of rotatable bonds is 6. The van der Waals surface area contributed by atoms with Crippen LogP contribution in [0, 0.1) is 6.92 Å². The largest absolute Gasteiger partial charge is 0.439 e. The van der Waals surface area contributed by atoms with Gasteiger partial charge in [-0.1, -0.05) is 16.4 Å². The molecular weight excluding hydrogens is 474 g/mol. The Morgan fingerprint density at radius 2 is 2.03 bits per heavy atom. The molecule has 1 atom stereocenters. The van der Waals surface area contributed by atoms with Crippen molar-refractivity contribution >= 4 is 23.2 Å². The number of aromatic amines is 1. The molecule has 1 amide bonds. The maximum absolute atomic E-state index is 13.4. The maximum atomic E-state index is 13.4. The van der Waals surface area contributed by atoms with Crippen LogP contribution < -0.4 is 32.5 Å². The molecule has 0 aromatic carbocycles. The highest BCUT2D eigenvalue weighted by molar-refractivity contribution is 5.97. The summed E-state index contributed by atoms with van der Waals surface area (Å²) in [7, 11) is 1.54. The Labute approximate surface area is 201 Å². The number of anilines is 3. The minimum atomic E-state index is -0.816. The molecule has 36 heavy (non-hydrogen) atoms. The lowest BCUT2D eigenvalue weighted by molar-refractivity contribution is -0.117. The van der Waals surface area contributed by atoms with E-state index in [1.807, 2.05) is 0 Å². The third kappa shape index (κ3) is 3.95. The molecule has 1 aliphatic heterocycles. The second-order valence-corrected chi connectivity index (χ2v) is 8.18. The fourth-order valence-electron chi connectivity index (χ4n) is 3.92. The number of pyridine rings is 1. The molecule has 0 saturated heterocycles. The zero-order valence-electron chi connectivity index (χ0n) is 19.4. The van der Waals surface area contributed by atoms with Crippen LogP contribution in [0.2, 0.25) is 0 Å². The van der Waals surface area contributed by atoms with Crippen molar-refractivity contribution in [1.82, 2.24) is 29.4 Å². The average Bonchev–Trinajstić information content (AvgIpc) is 3.60. The van der Waals surface area contributed by atoms with E-state index in [0.29, 0.717) is 23.0 Å². The number of carbonyl (C=O) groups excluding carboxylic acids is 1. The summed E-state index contributed by atoms with van der Waals surface area (Å²) < 4.78 is 11.9. The first-order valence-electron chi connectivity index (χ1n) is 10.8. The summed E-state index contributed by atoms with van der Waals surface area (Å²) in [5.41, 5.74) is -0.192. The van der Waals surface area contributed by atoms with Gasteiger partial charge in [-0.2, -0.15) is 0 Å². The van der Waals surface area contributed by atoms with Gasteiger partial charge < -0.3 is 20.1 Å². The predicted molar refractivity (Wildman–Crippen MR) is 126 cm³/mol. The molecule has 0 saturated carbocycles. The summed E-state index contributed by atoms with van der Waals surface area (Å²) >= 11 is 0. The van der Waals surface area contributed by atoms with Crippen LogP contribution in [0.4, 0.5) is 17.3 Å². The Hall–Kier alpha value is -4.95. The van der Waals surface area contributed by atoms with E-state index in [4.69, 9.17) is 4.52 Å². The van der Waals surface area contributed by atoms with Crippen LogP contribution in [-0.2, 0) is 18.4 Å². The number of H-pyrrole nitrogens is 1. The first-order chi connectivity index (χ1) is 17.2. The van der Waals surface area contributed by atoms with Gasteiger partial charge >= 0.3 is 11.4 Å². The van der Waals surface area contributed by atoms with Gasteiger partial charge in [0.05, 0.1) is 13.2 Å². The molecule has 186 valence electrons. The van der Waals surface area contributed by atoms with Crippen LogP contribution in [0.25, 0.3) is 11.5 Å². The van der Waals surface area contributed by atoms with Crippen LogP contribution in [0.3, 0.4) is 0 Å². The van der Waals surface area contributed by atoms with Gasteiger partial charge in [0, 0.05) is 13.1 Å². The number of hydrogen-bond acceptors (Lipinski definition) is 11. The number of hydrogen-bond donors (Lipinski definition) is 3. The molecule has 5 heterocycles. The summed E-state index contributed by atoms with van der Waals surface area (Å²) in [5.74, 6) is 0.0127. The molecule has 0 bridgehead atoms. The van der Waals surface area contributed by atoms with E-state index < -0.39 is 29.0 Å². The molecule has 15 heteroatoms. The van der Waals surface area contributed by atoms with E-state index in [2.05, 4.69) is 35.4 Å². The second-order valence-electron chi connectivity index (χ2n) is 8.18.